The van der Waals surface area contributed by atoms with Gasteiger partial charge in [0.05, 0.1) is 0 Å². The SMILES string of the molecule is CC(C)(C)NC(=O)n1c(=O)oc2cc(N)ccc21. The van der Waals surface area contributed by atoms with Crippen molar-refractivity contribution in [3.8, 4) is 0 Å². The minimum atomic E-state index is -0.725. The van der Waals surface area contributed by atoms with Crippen LogP contribution in [-0.4, -0.2) is 16.1 Å². The first-order valence-electron chi connectivity index (χ1n) is 5.51. The van der Waals surface area contributed by atoms with E-state index in [4.69, 9.17) is 10.2 Å². The van der Waals surface area contributed by atoms with Gasteiger partial charge in [0.25, 0.3) is 0 Å². The van der Waals surface area contributed by atoms with E-state index in [1.807, 2.05) is 20.8 Å². The van der Waals surface area contributed by atoms with Gasteiger partial charge in [-0.05, 0) is 32.9 Å². The lowest BCUT2D eigenvalue weighted by Gasteiger charge is -2.20. The average molecular weight is 249 g/mol. The summed E-state index contributed by atoms with van der Waals surface area (Å²) in [5.41, 5.74) is 6.32. The fourth-order valence-corrected chi connectivity index (χ4v) is 1.60. The molecule has 0 aliphatic rings. The molecule has 0 radical (unpaired) electrons. The Kier molecular flexibility index (Phi) is 2.65. The first kappa shape index (κ1) is 12.2. The summed E-state index contributed by atoms with van der Waals surface area (Å²) in [6, 6.07) is 4.18. The Morgan fingerprint density at radius 2 is 2.06 bits per heavy atom. The highest BCUT2D eigenvalue weighted by atomic mass is 16.4. The first-order chi connectivity index (χ1) is 8.28. The smallest absolute Gasteiger partial charge is 0.407 e. The lowest BCUT2D eigenvalue weighted by atomic mass is 10.1. The topological polar surface area (TPSA) is 90.3 Å². The van der Waals surface area contributed by atoms with E-state index in [9.17, 15) is 9.59 Å². The summed E-state index contributed by atoms with van der Waals surface area (Å²) in [5, 5.41) is 2.70. The predicted molar refractivity (Wildman–Crippen MR) is 68.6 cm³/mol. The summed E-state index contributed by atoms with van der Waals surface area (Å²) >= 11 is 0. The van der Waals surface area contributed by atoms with E-state index < -0.39 is 17.3 Å². The number of carbonyl (C=O) groups is 1. The predicted octanol–water partition coefficient (Wildman–Crippen LogP) is 1.53. The van der Waals surface area contributed by atoms with E-state index >= 15 is 0 Å². The number of nitrogens with one attached hydrogen (secondary N) is 1. The van der Waals surface area contributed by atoms with Gasteiger partial charge < -0.3 is 15.5 Å². The molecular formula is C12H15N3O3. The van der Waals surface area contributed by atoms with E-state index in [2.05, 4.69) is 5.32 Å². The average Bonchev–Trinajstić information content (AvgIpc) is 2.50. The highest BCUT2D eigenvalue weighted by Crippen LogP contribution is 2.16. The molecule has 18 heavy (non-hydrogen) atoms. The molecule has 96 valence electrons. The van der Waals surface area contributed by atoms with Crippen LogP contribution >= 0.6 is 0 Å². The number of nitrogens with two attached hydrogens (primary N) is 1. The van der Waals surface area contributed by atoms with Gasteiger partial charge in [0.2, 0.25) is 0 Å². The minimum absolute atomic E-state index is 0.295. The van der Waals surface area contributed by atoms with Gasteiger partial charge in [-0.15, -0.1) is 0 Å². The number of fused-ring (bicyclic) bond motifs is 1. The molecule has 2 rings (SSSR count). The Morgan fingerprint density at radius 3 is 2.67 bits per heavy atom. The van der Waals surface area contributed by atoms with Gasteiger partial charge in [0.1, 0.15) is 5.52 Å². The van der Waals surface area contributed by atoms with Crippen molar-refractivity contribution in [3.63, 3.8) is 0 Å². The largest absolute Gasteiger partial charge is 0.428 e. The van der Waals surface area contributed by atoms with Crippen molar-refractivity contribution < 1.29 is 9.21 Å². The third kappa shape index (κ3) is 2.22. The molecule has 1 aromatic carbocycles. The monoisotopic (exact) mass is 249 g/mol. The molecular weight excluding hydrogens is 234 g/mol. The molecule has 3 N–H and O–H groups in total. The molecule has 0 bridgehead atoms. The van der Waals surface area contributed by atoms with Crippen molar-refractivity contribution in [2.24, 2.45) is 0 Å². The quantitative estimate of drug-likeness (QED) is 0.693. The molecule has 1 amide bonds. The highest BCUT2D eigenvalue weighted by Gasteiger charge is 2.20. The summed E-state index contributed by atoms with van der Waals surface area (Å²) in [5.74, 6) is -0.725. The standard InChI is InChI=1S/C12H15N3O3/c1-12(2,3)14-10(16)15-8-5-4-7(13)6-9(8)18-11(15)17/h4-6H,13H2,1-3H3,(H,14,16). The number of nitrogens with zero attached hydrogens (tertiary/aromatic N) is 1. The van der Waals surface area contributed by atoms with Crippen molar-refractivity contribution in [1.29, 1.82) is 0 Å². The third-order valence-electron chi connectivity index (χ3n) is 2.29. The Hall–Kier alpha value is -2.24. The second kappa shape index (κ2) is 3.90. The fraction of sp³-hybridized carbons (Fsp3) is 0.333. The molecule has 0 atom stereocenters. The molecule has 0 saturated heterocycles. The molecule has 0 spiro atoms. The minimum Gasteiger partial charge on any atom is -0.407 e. The third-order valence-corrected chi connectivity index (χ3v) is 2.29. The zero-order valence-corrected chi connectivity index (χ0v) is 10.5. The Bertz CT molecular complexity index is 661. The van der Waals surface area contributed by atoms with Crippen molar-refractivity contribution >= 4 is 22.8 Å². The number of anilines is 1. The number of carbonyl (C=O) groups excluding carboxylic acids is 1. The molecule has 0 fully saturated rings. The number of benzene rings is 1. The fourth-order valence-electron chi connectivity index (χ4n) is 1.60. The van der Waals surface area contributed by atoms with E-state index in [1.165, 1.54) is 6.07 Å². The first-order valence-corrected chi connectivity index (χ1v) is 5.51. The number of aromatic nitrogens is 1. The van der Waals surface area contributed by atoms with Gasteiger partial charge >= 0.3 is 11.8 Å². The van der Waals surface area contributed by atoms with E-state index in [0.29, 0.717) is 16.8 Å². The highest BCUT2D eigenvalue weighted by molar-refractivity contribution is 5.89. The van der Waals surface area contributed by atoms with Crippen LogP contribution in [0.15, 0.2) is 27.4 Å². The molecule has 0 aliphatic carbocycles. The molecule has 2 aromatic rings. The second-order valence-electron chi connectivity index (χ2n) is 5.11. The normalized spacial score (nSPS) is 11.7. The van der Waals surface area contributed by atoms with E-state index in [-0.39, 0.29) is 0 Å². The van der Waals surface area contributed by atoms with Crippen molar-refractivity contribution in [3.05, 3.63) is 28.7 Å². The Labute approximate surface area is 103 Å². The van der Waals surface area contributed by atoms with Crippen molar-refractivity contribution in [2.75, 3.05) is 5.73 Å². The maximum absolute atomic E-state index is 12.0. The number of nitrogen functional groups attached to an aromatic ring is 1. The van der Waals surface area contributed by atoms with Crippen LogP contribution in [0.2, 0.25) is 0 Å². The zero-order valence-electron chi connectivity index (χ0n) is 10.5. The van der Waals surface area contributed by atoms with Crippen LogP contribution in [0.5, 0.6) is 0 Å². The van der Waals surface area contributed by atoms with E-state index in [0.717, 1.165) is 4.57 Å². The van der Waals surface area contributed by atoms with Gasteiger partial charge in [0, 0.05) is 17.3 Å². The van der Waals surface area contributed by atoms with Crippen LogP contribution in [-0.2, 0) is 0 Å². The number of rotatable bonds is 0. The van der Waals surface area contributed by atoms with E-state index in [1.54, 1.807) is 12.1 Å². The maximum Gasteiger partial charge on any atom is 0.428 e. The number of oxazole rings is 1. The summed E-state index contributed by atoms with van der Waals surface area (Å²) < 4.78 is 5.94. The van der Waals surface area contributed by atoms with Crippen LogP contribution in [0.25, 0.3) is 11.1 Å². The summed E-state index contributed by atoms with van der Waals surface area (Å²) in [4.78, 5) is 23.7. The lowest BCUT2D eigenvalue weighted by molar-refractivity contribution is 0.232. The molecule has 6 heteroatoms. The van der Waals surface area contributed by atoms with Crippen LogP contribution in [0.1, 0.15) is 20.8 Å². The van der Waals surface area contributed by atoms with Crippen molar-refractivity contribution in [2.45, 2.75) is 26.3 Å². The number of amides is 1. The summed E-state index contributed by atoms with van der Waals surface area (Å²) in [6.07, 6.45) is 0. The van der Waals surface area contributed by atoms with Gasteiger partial charge in [-0.25, -0.2) is 9.59 Å². The van der Waals surface area contributed by atoms with Crippen LogP contribution in [0.4, 0.5) is 10.5 Å². The molecule has 6 nitrogen and oxygen atoms in total. The molecule has 0 unspecified atom stereocenters. The molecule has 0 saturated carbocycles. The van der Waals surface area contributed by atoms with Gasteiger partial charge in [-0.2, -0.15) is 4.57 Å². The molecule has 1 aromatic heterocycles. The summed E-state index contributed by atoms with van der Waals surface area (Å²) in [6.45, 7) is 5.49. The van der Waals surface area contributed by atoms with Gasteiger partial charge in [-0.3, -0.25) is 0 Å². The number of hydrogen-bond acceptors (Lipinski definition) is 4. The van der Waals surface area contributed by atoms with Gasteiger partial charge in [-0.1, -0.05) is 0 Å². The maximum atomic E-state index is 12.0. The second-order valence-corrected chi connectivity index (χ2v) is 5.11. The zero-order chi connectivity index (χ0) is 13.5. The number of hydrogen-bond donors (Lipinski definition) is 2. The Balaban J connectivity index is 2.54. The molecule has 0 aliphatic heterocycles. The Morgan fingerprint density at radius 1 is 1.39 bits per heavy atom. The van der Waals surface area contributed by atoms with Crippen LogP contribution in [0, 0.1) is 0 Å². The summed E-state index contributed by atoms with van der Waals surface area (Å²) in [7, 11) is 0. The van der Waals surface area contributed by atoms with Crippen LogP contribution in [0.3, 0.4) is 0 Å². The molecule has 1 heterocycles. The van der Waals surface area contributed by atoms with Crippen molar-refractivity contribution in [1.82, 2.24) is 9.88 Å². The lowest BCUT2D eigenvalue weighted by Crippen LogP contribution is -2.45. The van der Waals surface area contributed by atoms with Crippen LogP contribution < -0.4 is 16.8 Å². The van der Waals surface area contributed by atoms with Gasteiger partial charge in [0.15, 0.2) is 5.58 Å².